The quantitative estimate of drug-likeness (QED) is 0.494. The van der Waals surface area contributed by atoms with E-state index in [0.29, 0.717) is 38.9 Å². The average Bonchev–Trinajstić information content (AvgIpc) is 2.19. The molecule has 14 heavy (non-hydrogen) atoms. The molecule has 0 bridgehead atoms. The maximum atomic E-state index is 9.10. The van der Waals surface area contributed by atoms with Crippen LogP contribution in [-0.4, -0.2) is 18.1 Å². The Labute approximate surface area is 84.9 Å². The van der Waals surface area contributed by atoms with E-state index >= 15 is 0 Å². The fraction of sp³-hybridized carbons (Fsp3) is 0.750. The van der Waals surface area contributed by atoms with Crippen LogP contribution in [0.4, 0.5) is 0 Å². The Balaban J connectivity index is 3.16. The van der Waals surface area contributed by atoms with Crippen molar-refractivity contribution in [3.8, 4) is 12.1 Å². The van der Waals surface area contributed by atoms with Gasteiger partial charge in [0.05, 0.1) is 25.4 Å². The monoisotopic (exact) mass is 216 g/mol. The van der Waals surface area contributed by atoms with Crippen LogP contribution in [0.5, 0.6) is 0 Å². The second kappa shape index (κ2) is 10.4. The summed E-state index contributed by atoms with van der Waals surface area (Å²) in [6, 6.07) is 3.94. The molecular formula is C8H13N2O3P. The average molecular weight is 216 g/mol. The molecule has 0 aliphatic rings. The zero-order valence-electron chi connectivity index (χ0n) is 7.85. The molecule has 0 aromatic carbocycles. The van der Waals surface area contributed by atoms with Gasteiger partial charge in [-0.15, -0.1) is 0 Å². The molecule has 0 radical (unpaired) electrons. The van der Waals surface area contributed by atoms with Gasteiger partial charge in [0.15, 0.2) is 0 Å². The molecule has 0 rings (SSSR count). The van der Waals surface area contributed by atoms with Crippen LogP contribution in [0.15, 0.2) is 0 Å². The summed E-state index contributed by atoms with van der Waals surface area (Å²) in [6.07, 6.45) is 2.02. The molecule has 0 aliphatic carbocycles. The molecule has 78 valence electrons. The van der Waals surface area contributed by atoms with Crippen LogP contribution in [-0.2, 0) is 9.05 Å². The van der Waals surface area contributed by atoms with Crippen LogP contribution in [0.3, 0.4) is 0 Å². The van der Waals surface area contributed by atoms with Crippen molar-refractivity contribution in [2.45, 2.75) is 25.7 Å². The Bertz CT molecular complexity index is 190. The number of rotatable bonds is 8. The van der Waals surface area contributed by atoms with Gasteiger partial charge in [0.25, 0.3) is 0 Å². The van der Waals surface area contributed by atoms with E-state index in [9.17, 15) is 0 Å². The van der Waals surface area contributed by atoms with Gasteiger partial charge < -0.3 is 13.9 Å². The number of unbranched alkanes of at least 4 members (excludes halogenated alkanes) is 2. The maximum absolute atomic E-state index is 9.10. The Morgan fingerprint density at radius 1 is 1.00 bits per heavy atom. The Morgan fingerprint density at radius 2 is 1.43 bits per heavy atom. The third kappa shape index (κ3) is 9.38. The van der Waals surface area contributed by atoms with E-state index in [2.05, 4.69) is 0 Å². The summed E-state index contributed by atoms with van der Waals surface area (Å²) in [6.45, 7) is 0.655. The summed E-state index contributed by atoms with van der Waals surface area (Å²) >= 11 is 0. The highest BCUT2D eigenvalue weighted by atomic mass is 31.2. The van der Waals surface area contributed by atoms with Gasteiger partial charge in [-0.3, -0.25) is 0 Å². The second-order valence-corrected chi connectivity index (χ2v) is 3.42. The number of hydrogen-bond acceptors (Lipinski definition) is 5. The Hall–Kier alpha value is -0.710. The number of nitrogens with zero attached hydrogens (tertiary/aromatic N) is 2. The lowest BCUT2D eigenvalue weighted by atomic mass is 10.4. The highest BCUT2D eigenvalue weighted by Gasteiger charge is 2.05. The molecule has 0 amide bonds. The molecule has 5 nitrogen and oxygen atoms in total. The molecule has 1 N–H and O–H groups in total. The zero-order chi connectivity index (χ0) is 10.6. The summed E-state index contributed by atoms with van der Waals surface area (Å²) in [5.41, 5.74) is 0. The third-order valence-corrected chi connectivity index (χ3v) is 2.08. The summed E-state index contributed by atoms with van der Waals surface area (Å²) in [4.78, 5) is 9.10. The third-order valence-electron chi connectivity index (χ3n) is 1.27. The SMILES string of the molecule is N#CCCCOP(O)OCCCC#N. The Kier molecular flexibility index (Phi) is 9.85. The van der Waals surface area contributed by atoms with Crippen molar-refractivity contribution in [3.63, 3.8) is 0 Å². The van der Waals surface area contributed by atoms with Crippen molar-refractivity contribution in [1.29, 1.82) is 10.5 Å². The maximum Gasteiger partial charge on any atom is 0.329 e. The van der Waals surface area contributed by atoms with Crippen LogP contribution in [0.2, 0.25) is 0 Å². The highest BCUT2D eigenvalue weighted by molar-refractivity contribution is 7.40. The number of nitriles is 2. The first-order chi connectivity index (χ1) is 6.81. The van der Waals surface area contributed by atoms with Crippen LogP contribution < -0.4 is 0 Å². The van der Waals surface area contributed by atoms with Gasteiger partial charge >= 0.3 is 8.60 Å². The first-order valence-electron chi connectivity index (χ1n) is 4.30. The second-order valence-electron chi connectivity index (χ2n) is 2.43. The van der Waals surface area contributed by atoms with Gasteiger partial charge in [0.2, 0.25) is 0 Å². The van der Waals surface area contributed by atoms with Gasteiger partial charge in [0.1, 0.15) is 0 Å². The highest BCUT2D eigenvalue weighted by Crippen LogP contribution is 2.32. The molecule has 0 aromatic rings. The van der Waals surface area contributed by atoms with Crippen LogP contribution >= 0.6 is 8.60 Å². The van der Waals surface area contributed by atoms with Gasteiger partial charge in [-0.05, 0) is 12.8 Å². The molecule has 0 fully saturated rings. The van der Waals surface area contributed by atoms with Gasteiger partial charge in [0, 0.05) is 12.8 Å². The summed E-state index contributed by atoms with van der Waals surface area (Å²) < 4.78 is 9.78. The van der Waals surface area contributed by atoms with Crippen molar-refractivity contribution < 1.29 is 13.9 Å². The molecule has 6 heteroatoms. The lowest BCUT2D eigenvalue weighted by molar-refractivity contribution is 0.198. The topological polar surface area (TPSA) is 86.3 Å². The van der Waals surface area contributed by atoms with E-state index in [-0.39, 0.29) is 0 Å². The zero-order valence-corrected chi connectivity index (χ0v) is 8.74. The molecular weight excluding hydrogens is 203 g/mol. The van der Waals surface area contributed by atoms with Crippen molar-refractivity contribution in [1.82, 2.24) is 0 Å². The van der Waals surface area contributed by atoms with E-state index in [4.69, 9.17) is 24.5 Å². The fourth-order valence-electron chi connectivity index (χ4n) is 0.625. The van der Waals surface area contributed by atoms with E-state index < -0.39 is 8.60 Å². The first kappa shape index (κ1) is 13.3. The number of hydrogen-bond donors (Lipinski definition) is 1. The van der Waals surface area contributed by atoms with Gasteiger partial charge in [-0.25, -0.2) is 0 Å². The molecule has 0 spiro atoms. The lowest BCUT2D eigenvalue weighted by Crippen LogP contribution is -1.94. The van der Waals surface area contributed by atoms with Crippen LogP contribution in [0.25, 0.3) is 0 Å². The summed E-state index contributed by atoms with van der Waals surface area (Å²) in [5, 5.41) is 16.4. The fourth-order valence-corrected chi connectivity index (χ4v) is 1.27. The predicted molar refractivity (Wildman–Crippen MR) is 50.7 cm³/mol. The van der Waals surface area contributed by atoms with E-state index in [1.54, 1.807) is 0 Å². The predicted octanol–water partition coefficient (Wildman–Crippen LogP) is 1.85. The van der Waals surface area contributed by atoms with Crippen molar-refractivity contribution in [3.05, 3.63) is 0 Å². The molecule has 0 saturated heterocycles. The van der Waals surface area contributed by atoms with Crippen molar-refractivity contribution in [2.75, 3.05) is 13.2 Å². The van der Waals surface area contributed by atoms with Crippen molar-refractivity contribution >= 4 is 8.60 Å². The summed E-state index contributed by atoms with van der Waals surface area (Å²) in [5.74, 6) is 0. The molecule has 0 saturated carbocycles. The molecule has 0 atom stereocenters. The van der Waals surface area contributed by atoms with E-state index in [1.807, 2.05) is 12.1 Å². The van der Waals surface area contributed by atoms with Crippen LogP contribution in [0.1, 0.15) is 25.7 Å². The standard InChI is InChI=1S/C8H13N2O3P/c9-5-1-3-7-12-14(11)13-8-4-2-6-10/h11H,1-4,7-8H2. The largest absolute Gasteiger partial charge is 0.329 e. The minimum absolute atomic E-state index is 0.327. The molecule has 0 heterocycles. The van der Waals surface area contributed by atoms with Gasteiger partial charge in [-0.1, -0.05) is 0 Å². The minimum atomic E-state index is -1.83. The molecule has 0 unspecified atom stereocenters. The molecule has 0 aliphatic heterocycles. The van der Waals surface area contributed by atoms with E-state index in [1.165, 1.54) is 0 Å². The minimum Gasteiger partial charge on any atom is -0.328 e. The summed E-state index contributed by atoms with van der Waals surface area (Å²) in [7, 11) is -1.83. The van der Waals surface area contributed by atoms with Gasteiger partial charge in [-0.2, -0.15) is 10.5 Å². The lowest BCUT2D eigenvalue weighted by Gasteiger charge is -2.08. The van der Waals surface area contributed by atoms with Crippen molar-refractivity contribution in [2.24, 2.45) is 0 Å². The molecule has 0 aromatic heterocycles. The smallest absolute Gasteiger partial charge is 0.328 e. The Morgan fingerprint density at radius 3 is 1.79 bits per heavy atom. The van der Waals surface area contributed by atoms with Crippen LogP contribution in [0, 0.1) is 22.7 Å². The first-order valence-corrected chi connectivity index (χ1v) is 5.43. The van der Waals surface area contributed by atoms with E-state index in [0.717, 1.165) is 0 Å². The normalized spacial score (nSPS) is 9.71.